The molecule has 0 fully saturated rings. The summed E-state index contributed by atoms with van der Waals surface area (Å²) in [7, 11) is 0. The van der Waals surface area contributed by atoms with Crippen LogP contribution in [0.25, 0.3) is 0 Å². The number of ether oxygens (including phenoxy) is 2. The van der Waals surface area contributed by atoms with E-state index < -0.39 is 18.1 Å². The van der Waals surface area contributed by atoms with E-state index in [0.29, 0.717) is 6.61 Å². The van der Waals surface area contributed by atoms with E-state index in [0.717, 1.165) is 6.42 Å². The van der Waals surface area contributed by atoms with Crippen molar-refractivity contribution in [3.63, 3.8) is 0 Å². The molecule has 0 saturated heterocycles. The second-order valence-electron chi connectivity index (χ2n) is 4.75. The van der Waals surface area contributed by atoms with Crippen molar-refractivity contribution in [2.75, 3.05) is 13.2 Å². The van der Waals surface area contributed by atoms with Crippen molar-refractivity contribution >= 4 is 12.1 Å². The molecule has 0 rings (SSSR count). The first-order valence-corrected chi connectivity index (χ1v) is 6.52. The fourth-order valence-corrected chi connectivity index (χ4v) is 1.31. The Morgan fingerprint density at radius 1 is 1.11 bits per heavy atom. The highest BCUT2D eigenvalue weighted by Gasteiger charge is 2.27. The zero-order valence-electron chi connectivity index (χ0n) is 12.0. The van der Waals surface area contributed by atoms with Crippen molar-refractivity contribution in [1.29, 1.82) is 0 Å². The van der Waals surface area contributed by atoms with Crippen LogP contribution in [0.4, 0.5) is 4.79 Å². The van der Waals surface area contributed by atoms with Gasteiger partial charge in [-0.05, 0) is 18.8 Å². The van der Waals surface area contributed by atoms with Crippen molar-refractivity contribution in [3.8, 4) is 0 Å². The molecule has 1 N–H and O–H groups in total. The van der Waals surface area contributed by atoms with E-state index in [9.17, 15) is 9.59 Å². The Morgan fingerprint density at radius 3 is 2.17 bits per heavy atom. The van der Waals surface area contributed by atoms with E-state index in [2.05, 4.69) is 5.32 Å². The Hall–Kier alpha value is -1.26. The van der Waals surface area contributed by atoms with Gasteiger partial charge in [-0.2, -0.15) is 0 Å². The molecule has 0 radical (unpaired) electrons. The summed E-state index contributed by atoms with van der Waals surface area (Å²) in [4.78, 5) is 23.3. The number of hydrogen-bond acceptors (Lipinski definition) is 4. The van der Waals surface area contributed by atoms with Crippen LogP contribution in [0.15, 0.2) is 0 Å². The first-order valence-electron chi connectivity index (χ1n) is 6.52. The lowest BCUT2D eigenvalue weighted by molar-refractivity contribution is -0.148. The van der Waals surface area contributed by atoms with Crippen molar-refractivity contribution in [1.82, 2.24) is 5.32 Å². The molecular weight excluding hydrogens is 234 g/mol. The number of alkyl carbamates (subject to hydrolysis) is 1. The molecule has 2 atom stereocenters. The molecule has 0 aliphatic heterocycles. The second kappa shape index (κ2) is 8.78. The highest BCUT2D eigenvalue weighted by atomic mass is 16.6. The van der Waals surface area contributed by atoms with E-state index in [1.165, 1.54) is 0 Å². The number of rotatable bonds is 7. The van der Waals surface area contributed by atoms with Gasteiger partial charge in [0.2, 0.25) is 0 Å². The van der Waals surface area contributed by atoms with Crippen LogP contribution in [-0.4, -0.2) is 31.3 Å². The molecule has 0 spiro atoms. The van der Waals surface area contributed by atoms with Crippen LogP contribution in [0, 0.1) is 11.8 Å². The average Bonchev–Trinajstić information content (AvgIpc) is 2.32. The van der Waals surface area contributed by atoms with Crippen LogP contribution in [0.2, 0.25) is 0 Å². The molecule has 0 aromatic carbocycles. The summed E-state index contributed by atoms with van der Waals surface area (Å²) in [5.41, 5.74) is 0. The number of esters is 1. The lowest BCUT2D eigenvalue weighted by atomic mass is 9.99. The number of carbonyl (C=O) groups excluding carboxylic acids is 2. The first-order chi connectivity index (χ1) is 8.42. The maximum atomic E-state index is 11.9. The summed E-state index contributed by atoms with van der Waals surface area (Å²) in [6, 6.07) is -0.646. The summed E-state index contributed by atoms with van der Waals surface area (Å²) in [5, 5.41) is 2.56. The quantitative estimate of drug-likeness (QED) is 0.713. The number of hydrogen-bond donors (Lipinski definition) is 1. The summed E-state index contributed by atoms with van der Waals surface area (Å²) in [5.74, 6) is -0.116. The summed E-state index contributed by atoms with van der Waals surface area (Å²) in [6.45, 7) is 10.1. The predicted octanol–water partition coefficient (Wildman–Crippen LogP) is 2.35. The fourth-order valence-electron chi connectivity index (χ4n) is 1.31. The van der Waals surface area contributed by atoms with Gasteiger partial charge in [0.1, 0.15) is 6.04 Å². The minimum atomic E-state index is -0.646. The smallest absolute Gasteiger partial charge is 0.407 e. The molecule has 2 unspecified atom stereocenters. The van der Waals surface area contributed by atoms with Crippen molar-refractivity contribution in [2.24, 2.45) is 11.8 Å². The van der Waals surface area contributed by atoms with Crippen LogP contribution in [0.5, 0.6) is 0 Å². The lowest BCUT2D eigenvalue weighted by Gasteiger charge is -2.22. The van der Waals surface area contributed by atoms with Gasteiger partial charge in [0.05, 0.1) is 13.2 Å². The molecule has 0 aliphatic carbocycles. The Labute approximate surface area is 109 Å². The third kappa shape index (κ3) is 6.47. The standard InChI is InChI=1S/C13H25NO4/c1-6-10(5)11(14-13(16)17-7-2)12(15)18-8-9(3)4/h9-11H,6-8H2,1-5H3,(H,14,16). The number of nitrogens with one attached hydrogen (secondary N) is 1. The molecule has 18 heavy (non-hydrogen) atoms. The van der Waals surface area contributed by atoms with E-state index >= 15 is 0 Å². The molecule has 0 bridgehead atoms. The molecule has 5 heteroatoms. The first kappa shape index (κ1) is 16.7. The Bertz CT molecular complexity index is 266. The average molecular weight is 259 g/mol. The zero-order valence-corrected chi connectivity index (χ0v) is 12.0. The largest absolute Gasteiger partial charge is 0.464 e. The van der Waals surface area contributed by atoms with Gasteiger partial charge < -0.3 is 14.8 Å². The molecule has 0 heterocycles. The van der Waals surface area contributed by atoms with Crippen LogP contribution in [0.3, 0.4) is 0 Å². The van der Waals surface area contributed by atoms with Crippen LogP contribution in [0.1, 0.15) is 41.0 Å². The Balaban J connectivity index is 4.47. The fraction of sp³-hybridized carbons (Fsp3) is 0.846. The molecule has 1 amide bonds. The van der Waals surface area contributed by atoms with Crippen molar-refractivity contribution in [3.05, 3.63) is 0 Å². The van der Waals surface area contributed by atoms with E-state index in [1.54, 1.807) is 6.92 Å². The molecular formula is C13H25NO4. The predicted molar refractivity (Wildman–Crippen MR) is 69.2 cm³/mol. The molecule has 5 nitrogen and oxygen atoms in total. The highest BCUT2D eigenvalue weighted by molar-refractivity contribution is 5.81. The van der Waals surface area contributed by atoms with Crippen LogP contribution >= 0.6 is 0 Å². The summed E-state index contributed by atoms with van der Waals surface area (Å²) >= 11 is 0. The van der Waals surface area contributed by atoms with E-state index in [1.807, 2.05) is 27.7 Å². The minimum Gasteiger partial charge on any atom is -0.464 e. The maximum Gasteiger partial charge on any atom is 0.407 e. The third-order valence-electron chi connectivity index (χ3n) is 2.57. The van der Waals surface area contributed by atoms with Gasteiger partial charge in [0.25, 0.3) is 0 Å². The molecule has 0 aromatic heterocycles. The van der Waals surface area contributed by atoms with Gasteiger partial charge in [-0.25, -0.2) is 9.59 Å². The van der Waals surface area contributed by atoms with Gasteiger partial charge in [-0.3, -0.25) is 0 Å². The monoisotopic (exact) mass is 259 g/mol. The van der Waals surface area contributed by atoms with Crippen molar-refractivity contribution < 1.29 is 19.1 Å². The van der Waals surface area contributed by atoms with Gasteiger partial charge in [-0.15, -0.1) is 0 Å². The normalized spacial score (nSPS) is 13.9. The van der Waals surface area contributed by atoms with Gasteiger partial charge in [-0.1, -0.05) is 34.1 Å². The molecule has 106 valence electrons. The molecule has 0 aliphatic rings. The van der Waals surface area contributed by atoms with Gasteiger partial charge >= 0.3 is 12.1 Å². The lowest BCUT2D eigenvalue weighted by Crippen LogP contribution is -2.46. The minimum absolute atomic E-state index is 0.00840. The topological polar surface area (TPSA) is 64.6 Å². The van der Waals surface area contributed by atoms with Crippen LogP contribution < -0.4 is 5.32 Å². The third-order valence-corrected chi connectivity index (χ3v) is 2.57. The van der Waals surface area contributed by atoms with Crippen LogP contribution in [-0.2, 0) is 14.3 Å². The summed E-state index contributed by atoms with van der Waals surface area (Å²) in [6.07, 6.45) is 0.192. The molecule has 0 saturated carbocycles. The molecule has 0 aromatic rings. The second-order valence-corrected chi connectivity index (χ2v) is 4.75. The van der Waals surface area contributed by atoms with Gasteiger partial charge in [0.15, 0.2) is 0 Å². The van der Waals surface area contributed by atoms with E-state index in [4.69, 9.17) is 9.47 Å². The van der Waals surface area contributed by atoms with E-state index in [-0.39, 0.29) is 18.4 Å². The number of amides is 1. The Kier molecular flexibility index (Phi) is 8.16. The Morgan fingerprint density at radius 2 is 1.72 bits per heavy atom. The van der Waals surface area contributed by atoms with Gasteiger partial charge in [0, 0.05) is 0 Å². The maximum absolute atomic E-state index is 11.9. The summed E-state index contributed by atoms with van der Waals surface area (Å²) < 4.78 is 9.94. The zero-order chi connectivity index (χ0) is 14.1. The van der Waals surface area contributed by atoms with Crippen molar-refractivity contribution in [2.45, 2.75) is 47.1 Å². The highest BCUT2D eigenvalue weighted by Crippen LogP contribution is 2.10. The number of carbonyl (C=O) groups is 2. The SMILES string of the molecule is CCOC(=O)NC(C(=O)OCC(C)C)C(C)CC.